The molecule has 3 heterocycles. The highest BCUT2D eigenvalue weighted by molar-refractivity contribution is 6.08. The van der Waals surface area contributed by atoms with Gasteiger partial charge in [-0.05, 0) is 87.2 Å². The van der Waals surface area contributed by atoms with Crippen LogP contribution in [0.1, 0.15) is 77.4 Å². The molecule has 43 heavy (non-hydrogen) atoms. The number of amides is 1. The number of carboxylic acids is 1. The van der Waals surface area contributed by atoms with Crippen molar-refractivity contribution < 1.29 is 29.6 Å². The third kappa shape index (κ3) is 3.69. The number of fused-ring (bicyclic) bond motifs is 4. The lowest BCUT2D eigenvalue weighted by molar-refractivity contribution is -0.173. The van der Waals surface area contributed by atoms with Crippen LogP contribution in [0.4, 0.5) is 0 Å². The van der Waals surface area contributed by atoms with Crippen LogP contribution in [-0.2, 0) is 23.1 Å². The van der Waals surface area contributed by atoms with E-state index < -0.39 is 35.0 Å². The van der Waals surface area contributed by atoms with Gasteiger partial charge in [0.25, 0.3) is 5.91 Å². The molecule has 226 valence electrons. The first-order chi connectivity index (χ1) is 20.8. The lowest BCUT2D eigenvalue weighted by Crippen LogP contribution is -2.74. The maximum atomic E-state index is 13.6. The molecule has 1 saturated heterocycles. The minimum absolute atomic E-state index is 0.0795. The van der Waals surface area contributed by atoms with Crippen LogP contribution in [0.5, 0.6) is 11.5 Å². The molecule has 2 aromatic carbocycles. The molecule has 7 N–H and O–H groups in total. The van der Waals surface area contributed by atoms with Gasteiger partial charge in [0.2, 0.25) is 0 Å². The number of unbranched alkanes of at least 4 members (excludes halogenated alkanes) is 1. The maximum Gasteiger partial charge on any atom is 0.326 e. The number of aromatic amines is 1. The standard InChI is InChI=1S/C33H38N4O6/c34-12-2-1-6-22(31(40)41)35-30(39)20-5-3-4-19-21-15-33(42)24-14-18-9-10-23(38)28-25(18)32(33,11-13-37(24)16-17-7-8-17)29(43-28)27(21)36-26(19)20/h3-5,9-10,17,22,24,29,36,38,42H,1-2,6-8,11-16,34H2,(H,35,39)(H,40,41)/t22?,24-,29-,32+,33-/m1/s1. The Kier molecular flexibility index (Phi) is 5.93. The fourth-order valence-corrected chi connectivity index (χ4v) is 8.82. The van der Waals surface area contributed by atoms with Crippen molar-refractivity contribution in [1.82, 2.24) is 15.2 Å². The molecule has 1 aromatic heterocycles. The second-order valence-corrected chi connectivity index (χ2v) is 13.3. The number of carbonyl (C=O) groups is 2. The van der Waals surface area contributed by atoms with Gasteiger partial charge in [0.1, 0.15) is 6.04 Å². The number of para-hydroxylation sites is 1. The van der Waals surface area contributed by atoms with Crippen LogP contribution >= 0.6 is 0 Å². The number of nitrogens with zero attached hydrogens (tertiary/aromatic N) is 1. The number of nitrogens with one attached hydrogen (secondary N) is 2. The van der Waals surface area contributed by atoms with Crippen LogP contribution < -0.4 is 15.8 Å². The molecular formula is C33H38N4O6. The second-order valence-electron chi connectivity index (χ2n) is 13.3. The number of carboxylic acid groups (broad SMARTS) is 1. The minimum atomic E-state index is -1.13. The Morgan fingerprint density at radius 2 is 2.05 bits per heavy atom. The Labute approximate surface area is 249 Å². The highest BCUT2D eigenvalue weighted by atomic mass is 16.5. The normalized spacial score (nSPS) is 29.1. The molecule has 2 fully saturated rings. The van der Waals surface area contributed by atoms with Gasteiger partial charge < -0.3 is 36.1 Å². The second kappa shape index (κ2) is 9.45. The average Bonchev–Trinajstić information content (AvgIpc) is 3.62. The number of nitrogens with two attached hydrogens (primary N) is 1. The molecule has 1 amide bonds. The molecular weight excluding hydrogens is 548 g/mol. The van der Waals surface area contributed by atoms with Gasteiger partial charge in [-0.2, -0.15) is 0 Å². The Bertz CT molecular complexity index is 1660. The van der Waals surface area contributed by atoms with E-state index in [1.165, 1.54) is 12.8 Å². The van der Waals surface area contributed by atoms with Crippen molar-refractivity contribution in [1.29, 1.82) is 0 Å². The van der Waals surface area contributed by atoms with Gasteiger partial charge in [0, 0.05) is 30.0 Å². The van der Waals surface area contributed by atoms with Crippen LogP contribution in [-0.4, -0.2) is 74.4 Å². The number of benzene rings is 2. The van der Waals surface area contributed by atoms with Gasteiger partial charge in [-0.3, -0.25) is 9.69 Å². The van der Waals surface area contributed by atoms with Gasteiger partial charge in [-0.15, -0.1) is 0 Å². The number of rotatable bonds is 9. The Balaban J connectivity index is 1.24. The van der Waals surface area contributed by atoms with Crippen LogP contribution in [0.2, 0.25) is 0 Å². The summed E-state index contributed by atoms with van der Waals surface area (Å²) in [6.07, 6.45) is 5.28. The summed E-state index contributed by atoms with van der Waals surface area (Å²) in [5.41, 5.74) is 8.46. The lowest BCUT2D eigenvalue weighted by atomic mass is 9.49. The van der Waals surface area contributed by atoms with Crippen LogP contribution in [0, 0.1) is 5.92 Å². The number of phenolic OH excluding ortho intramolecular Hbond substituents is 1. The molecule has 1 unspecified atom stereocenters. The van der Waals surface area contributed by atoms with Gasteiger partial charge in [0.05, 0.1) is 27.8 Å². The number of aliphatic carboxylic acids is 1. The summed E-state index contributed by atoms with van der Waals surface area (Å²) in [6.45, 7) is 2.30. The summed E-state index contributed by atoms with van der Waals surface area (Å²) in [5.74, 6) is -0.326. The summed E-state index contributed by atoms with van der Waals surface area (Å²) in [4.78, 5) is 31.5. The zero-order valence-corrected chi connectivity index (χ0v) is 24.1. The minimum Gasteiger partial charge on any atom is -0.504 e. The first-order valence-electron chi connectivity index (χ1n) is 15.6. The first-order valence-corrected chi connectivity index (χ1v) is 15.6. The molecule has 1 spiro atoms. The van der Waals surface area contributed by atoms with E-state index >= 15 is 0 Å². The Morgan fingerprint density at radius 1 is 1.21 bits per heavy atom. The molecule has 0 radical (unpaired) electrons. The highest BCUT2D eigenvalue weighted by Gasteiger charge is 2.72. The van der Waals surface area contributed by atoms with Gasteiger partial charge in [-0.25, -0.2) is 4.79 Å². The summed E-state index contributed by atoms with van der Waals surface area (Å²) >= 11 is 0. The van der Waals surface area contributed by atoms with Crippen molar-refractivity contribution in [3.05, 3.63) is 58.3 Å². The molecule has 3 aromatic rings. The number of ether oxygens (including phenoxy) is 1. The van der Waals surface area contributed by atoms with Gasteiger partial charge >= 0.3 is 5.97 Å². The third-order valence-electron chi connectivity index (χ3n) is 11.0. The molecule has 2 aliphatic heterocycles. The molecule has 10 nitrogen and oxygen atoms in total. The van der Waals surface area contributed by atoms with Crippen LogP contribution in [0.15, 0.2) is 30.3 Å². The summed E-state index contributed by atoms with van der Waals surface area (Å²) < 4.78 is 6.66. The van der Waals surface area contributed by atoms with Gasteiger partial charge in [-0.1, -0.05) is 18.2 Å². The molecule has 2 bridgehead atoms. The predicted molar refractivity (Wildman–Crippen MR) is 158 cm³/mol. The summed E-state index contributed by atoms with van der Waals surface area (Å²) in [7, 11) is 0. The van der Waals surface area contributed by atoms with Gasteiger partial charge in [0.15, 0.2) is 17.6 Å². The van der Waals surface area contributed by atoms with E-state index in [4.69, 9.17) is 10.5 Å². The van der Waals surface area contributed by atoms with Crippen LogP contribution in [0.25, 0.3) is 10.9 Å². The van der Waals surface area contributed by atoms with Crippen molar-refractivity contribution in [3.8, 4) is 11.5 Å². The molecule has 3 aliphatic carbocycles. The fourth-order valence-electron chi connectivity index (χ4n) is 8.82. The number of piperidine rings is 1. The Hall–Kier alpha value is -3.60. The molecule has 5 aliphatic rings. The largest absolute Gasteiger partial charge is 0.504 e. The lowest BCUT2D eigenvalue weighted by Gasteiger charge is -2.62. The van der Waals surface area contributed by atoms with E-state index in [1.807, 2.05) is 12.1 Å². The number of phenols is 1. The zero-order valence-electron chi connectivity index (χ0n) is 24.1. The fraction of sp³-hybridized carbons (Fsp3) is 0.515. The highest BCUT2D eigenvalue weighted by Crippen LogP contribution is 2.69. The number of H-pyrrole nitrogens is 1. The third-order valence-corrected chi connectivity index (χ3v) is 11.0. The van der Waals surface area contributed by atoms with E-state index in [9.17, 15) is 24.9 Å². The number of aliphatic hydroxyl groups is 1. The van der Waals surface area contributed by atoms with Crippen molar-refractivity contribution in [2.75, 3.05) is 19.6 Å². The number of aromatic nitrogens is 1. The van der Waals surface area contributed by atoms with Crippen molar-refractivity contribution in [2.45, 2.75) is 80.6 Å². The summed E-state index contributed by atoms with van der Waals surface area (Å²) in [5, 5.41) is 37.3. The van der Waals surface area contributed by atoms with E-state index in [0.717, 1.165) is 40.9 Å². The summed E-state index contributed by atoms with van der Waals surface area (Å²) in [6, 6.07) is 8.03. The van der Waals surface area contributed by atoms with Crippen molar-refractivity contribution in [2.24, 2.45) is 11.7 Å². The average molecular weight is 587 g/mol. The van der Waals surface area contributed by atoms with E-state index in [0.29, 0.717) is 67.8 Å². The van der Waals surface area contributed by atoms with E-state index in [2.05, 4.69) is 15.2 Å². The topological polar surface area (TPSA) is 161 Å². The Morgan fingerprint density at radius 3 is 2.81 bits per heavy atom. The van der Waals surface area contributed by atoms with Crippen molar-refractivity contribution in [3.63, 3.8) is 0 Å². The predicted octanol–water partition coefficient (Wildman–Crippen LogP) is 2.88. The number of likely N-dealkylation sites (tertiary alicyclic amines) is 1. The van der Waals surface area contributed by atoms with E-state index in [-0.39, 0.29) is 11.8 Å². The van der Waals surface area contributed by atoms with Crippen LogP contribution in [0.3, 0.4) is 0 Å². The SMILES string of the molecule is NCCCCC(NC(=O)c1cccc2c3c([nH]c12)[C@H]1Oc2c(O)ccc4c2[C@@]12CCN(CC1CC1)[C@H](C4)[C@]2(O)C3)C(=O)O. The number of aromatic hydroxyl groups is 1. The first kappa shape index (κ1) is 27.0. The maximum absolute atomic E-state index is 13.6. The quantitative estimate of drug-likeness (QED) is 0.209. The number of hydrogen-bond donors (Lipinski definition) is 6. The smallest absolute Gasteiger partial charge is 0.326 e. The van der Waals surface area contributed by atoms with E-state index in [1.54, 1.807) is 18.2 Å². The molecule has 1 saturated carbocycles. The molecule has 10 heteroatoms. The number of carbonyl (C=O) groups excluding carboxylic acids is 1. The number of hydrogen-bond acceptors (Lipinski definition) is 7. The zero-order chi connectivity index (χ0) is 29.7. The monoisotopic (exact) mass is 586 g/mol. The molecule has 8 rings (SSSR count). The van der Waals surface area contributed by atoms with Crippen molar-refractivity contribution >= 4 is 22.8 Å². The molecule has 5 atom stereocenters.